The third kappa shape index (κ3) is 3.04. The van der Waals surface area contributed by atoms with Crippen molar-refractivity contribution in [3.05, 3.63) is 41.6 Å². The molecule has 0 saturated carbocycles. The Balaban J connectivity index is 2.87. The fourth-order valence-electron chi connectivity index (χ4n) is 0.973. The van der Waals surface area contributed by atoms with Crippen LogP contribution in [0.15, 0.2) is 41.6 Å². The average molecular weight is 221 g/mol. The summed E-state index contributed by atoms with van der Waals surface area (Å²) in [6, 6.07) is 9.41. The van der Waals surface area contributed by atoms with Crippen LogP contribution in [0.3, 0.4) is 0 Å². The van der Waals surface area contributed by atoms with E-state index in [1.54, 1.807) is 0 Å². The fraction of sp³-hybridized carbons (Fsp3) is 0.231. The van der Waals surface area contributed by atoms with Crippen LogP contribution in [-0.4, -0.2) is 0 Å². The second kappa shape index (κ2) is 4.91. The van der Waals surface area contributed by atoms with Gasteiger partial charge < -0.3 is 4.74 Å². The minimum atomic E-state index is -0.502. The zero-order chi connectivity index (χ0) is 11.3. The van der Waals surface area contributed by atoms with E-state index in [9.17, 15) is 0 Å². The van der Waals surface area contributed by atoms with Gasteiger partial charge in [-0.05, 0) is 26.0 Å². The highest BCUT2D eigenvalue weighted by Crippen LogP contribution is 2.28. The number of rotatable bonds is 3. The standard InChI is InChI=1S/C13H13ClO/c1-4-13(2,3)12(10-14)15-11-8-6-5-7-9-11/h1,5-10H,2-3H3/b12-10-. The molecule has 0 fully saturated rings. The average Bonchev–Trinajstić information content (AvgIpc) is 2.27. The third-order valence-electron chi connectivity index (χ3n) is 2.05. The Morgan fingerprint density at radius 3 is 2.47 bits per heavy atom. The van der Waals surface area contributed by atoms with Crippen molar-refractivity contribution in [3.8, 4) is 18.1 Å². The number of allylic oxidation sites excluding steroid dienone is 1. The lowest BCUT2D eigenvalue weighted by molar-refractivity contribution is 0.329. The lowest BCUT2D eigenvalue weighted by Gasteiger charge is -2.21. The summed E-state index contributed by atoms with van der Waals surface area (Å²) < 4.78 is 5.61. The number of terminal acetylenes is 1. The minimum Gasteiger partial charge on any atom is -0.459 e. The van der Waals surface area contributed by atoms with Crippen molar-refractivity contribution in [2.24, 2.45) is 5.41 Å². The van der Waals surface area contributed by atoms with E-state index in [-0.39, 0.29) is 0 Å². The zero-order valence-electron chi connectivity index (χ0n) is 8.83. The van der Waals surface area contributed by atoms with Crippen LogP contribution in [0, 0.1) is 17.8 Å². The van der Waals surface area contributed by atoms with Gasteiger partial charge in [0, 0.05) is 5.54 Å². The highest BCUT2D eigenvalue weighted by molar-refractivity contribution is 6.25. The van der Waals surface area contributed by atoms with Gasteiger partial charge in [-0.15, -0.1) is 6.42 Å². The van der Waals surface area contributed by atoms with E-state index in [0.29, 0.717) is 5.76 Å². The first-order valence-electron chi connectivity index (χ1n) is 4.61. The maximum absolute atomic E-state index is 5.70. The number of para-hydroxylation sites is 1. The maximum atomic E-state index is 5.70. The van der Waals surface area contributed by atoms with Crippen LogP contribution in [0.2, 0.25) is 0 Å². The molecule has 0 aliphatic carbocycles. The largest absolute Gasteiger partial charge is 0.459 e. The Bertz CT molecular complexity index is 385. The van der Waals surface area contributed by atoms with Crippen molar-refractivity contribution >= 4 is 11.6 Å². The zero-order valence-corrected chi connectivity index (χ0v) is 9.58. The molecule has 0 radical (unpaired) electrons. The van der Waals surface area contributed by atoms with Gasteiger partial charge in [-0.2, -0.15) is 0 Å². The van der Waals surface area contributed by atoms with Gasteiger partial charge in [0.05, 0.1) is 5.41 Å². The van der Waals surface area contributed by atoms with E-state index < -0.39 is 5.41 Å². The summed E-state index contributed by atoms with van der Waals surface area (Å²) in [5.41, 5.74) is 0.879. The summed E-state index contributed by atoms with van der Waals surface area (Å²) in [7, 11) is 0. The Hall–Kier alpha value is -1.39. The van der Waals surface area contributed by atoms with Gasteiger partial charge in [0.2, 0.25) is 0 Å². The molecular weight excluding hydrogens is 208 g/mol. The van der Waals surface area contributed by atoms with Crippen molar-refractivity contribution in [2.75, 3.05) is 0 Å². The molecule has 0 unspecified atom stereocenters. The van der Waals surface area contributed by atoms with Gasteiger partial charge in [-0.3, -0.25) is 0 Å². The third-order valence-corrected chi connectivity index (χ3v) is 2.25. The van der Waals surface area contributed by atoms with Crippen molar-refractivity contribution in [1.82, 2.24) is 0 Å². The molecule has 0 bridgehead atoms. The monoisotopic (exact) mass is 220 g/mol. The summed E-state index contributed by atoms with van der Waals surface area (Å²) in [5.74, 6) is 3.93. The second-order valence-electron chi connectivity index (χ2n) is 3.66. The van der Waals surface area contributed by atoms with Crippen molar-refractivity contribution in [3.63, 3.8) is 0 Å². The SMILES string of the molecule is C#CC(C)(C)/C(=C/Cl)Oc1ccccc1. The van der Waals surface area contributed by atoms with Crippen LogP contribution < -0.4 is 4.74 Å². The van der Waals surface area contributed by atoms with Gasteiger partial charge in [0.25, 0.3) is 0 Å². The van der Waals surface area contributed by atoms with Crippen LogP contribution in [-0.2, 0) is 0 Å². The Morgan fingerprint density at radius 2 is 2.00 bits per heavy atom. The second-order valence-corrected chi connectivity index (χ2v) is 3.88. The van der Waals surface area contributed by atoms with Crippen molar-refractivity contribution < 1.29 is 4.74 Å². The number of hydrogen-bond donors (Lipinski definition) is 0. The summed E-state index contributed by atoms with van der Waals surface area (Å²) in [6.45, 7) is 3.76. The summed E-state index contributed by atoms with van der Waals surface area (Å²) in [4.78, 5) is 0. The van der Waals surface area contributed by atoms with E-state index in [1.807, 2.05) is 44.2 Å². The molecule has 78 valence electrons. The van der Waals surface area contributed by atoms with Crippen LogP contribution in [0.5, 0.6) is 5.75 Å². The Kier molecular flexibility index (Phi) is 3.82. The Labute approximate surface area is 95.7 Å². The summed E-state index contributed by atoms with van der Waals surface area (Å²) in [6.07, 6.45) is 5.41. The van der Waals surface area contributed by atoms with Crippen molar-refractivity contribution in [2.45, 2.75) is 13.8 Å². The lowest BCUT2D eigenvalue weighted by atomic mass is 9.93. The highest BCUT2D eigenvalue weighted by atomic mass is 35.5. The maximum Gasteiger partial charge on any atom is 0.133 e. The molecule has 0 spiro atoms. The van der Waals surface area contributed by atoms with Gasteiger partial charge >= 0.3 is 0 Å². The smallest absolute Gasteiger partial charge is 0.133 e. The van der Waals surface area contributed by atoms with Crippen LogP contribution in [0.25, 0.3) is 0 Å². The van der Waals surface area contributed by atoms with Crippen molar-refractivity contribution in [1.29, 1.82) is 0 Å². The number of halogens is 1. The van der Waals surface area contributed by atoms with Gasteiger partial charge in [-0.1, -0.05) is 35.7 Å². The molecule has 1 nitrogen and oxygen atoms in total. The molecular formula is C13H13ClO. The fourth-order valence-corrected chi connectivity index (χ4v) is 1.29. The molecule has 0 N–H and O–H groups in total. The minimum absolute atomic E-state index is 0.502. The quantitative estimate of drug-likeness (QED) is 0.556. The molecule has 0 aliphatic rings. The lowest BCUT2D eigenvalue weighted by Crippen LogP contribution is -2.16. The van der Waals surface area contributed by atoms with E-state index in [4.69, 9.17) is 22.8 Å². The molecule has 0 saturated heterocycles. The summed E-state index contributed by atoms with van der Waals surface area (Å²) in [5, 5.41) is 0. The van der Waals surface area contributed by atoms with Crippen LogP contribution in [0.4, 0.5) is 0 Å². The van der Waals surface area contributed by atoms with E-state index >= 15 is 0 Å². The molecule has 1 aromatic rings. The predicted octanol–water partition coefficient (Wildman–Crippen LogP) is 3.81. The topological polar surface area (TPSA) is 9.23 Å². The van der Waals surface area contributed by atoms with E-state index in [2.05, 4.69) is 5.92 Å². The molecule has 0 amide bonds. The first kappa shape index (κ1) is 11.7. The molecule has 1 rings (SSSR count). The van der Waals surface area contributed by atoms with Crippen LogP contribution in [0.1, 0.15) is 13.8 Å². The molecule has 0 heterocycles. The first-order valence-corrected chi connectivity index (χ1v) is 5.05. The van der Waals surface area contributed by atoms with Gasteiger partial charge in [0.1, 0.15) is 11.5 Å². The molecule has 0 aliphatic heterocycles. The normalized spacial score (nSPS) is 12.0. The molecule has 1 aromatic carbocycles. The predicted molar refractivity (Wildman–Crippen MR) is 63.6 cm³/mol. The number of benzene rings is 1. The highest BCUT2D eigenvalue weighted by Gasteiger charge is 2.22. The molecule has 0 aromatic heterocycles. The first-order chi connectivity index (χ1) is 7.10. The number of hydrogen-bond acceptors (Lipinski definition) is 1. The van der Waals surface area contributed by atoms with Gasteiger partial charge in [0.15, 0.2) is 0 Å². The van der Waals surface area contributed by atoms with Gasteiger partial charge in [-0.25, -0.2) is 0 Å². The van der Waals surface area contributed by atoms with Crippen LogP contribution >= 0.6 is 11.6 Å². The molecule has 15 heavy (non-hydrogen) atoms. The van der Waals surface area contributed by atoms with E-state index in [1.165, 1.54) is 5.54 Å². The molecule has 2 heteroatoms. The summed E-state index contributed by atoms with van der Waals surface area (Å²) >= 11 is 5.70. The Morgan fingerprint density at radius 1 is 1.40 bits per heavy atom. The van der Waals surface area contributed by atoms with E-state index in [0.717, 1.165) is 5.75 Å². The molecule has 0 atom stereocenters. The number of ether oxygens (including phenoxy) is 1.